The summed E-state index contributed by atoms with van der Waals surface area (Å²) in [6, 6.07) is 10.8. The largest absolute Gasteiger partial charge is 0.497 e. The van der Waals surface area contributed by atoms with Gasteiger partial charge in [0.1, 0.15) is 11.5 Å². The van der Waals surface area contributed by atoms with E-state index in [0.29, 0.717) is 10.8 Å². The van der Waals surface area contributed by atoms with E-state index in [-0.39, 0.29) is 6.04 Å². The highest BCUT2D eigenvalue weighted by atomic mass is 79.9. The fraction of sp³-hybridized carbons (Fsp3) is 0.200. The Morgan fingerprint density at radius 1 is 1.05 bits per heavy atom. The Balaban J connectivity index is 2.48. The van der Waals surface area contributed by atoms with Crippen LogP contribution in [0.1, 0.15) is 17.2 Å². The number of halogens is 2. The first kappa shape index (κ1) is 15.2. The molecule has 0 fully saturated rings. The number of rotatable bonds is 4. The van der Waals surface area contributed by atoms with E-state index in [1.54, 1.807) is 14.2 Å². The second-order valence-corrected chi connectivity index (χ2v) is 5.57. The molecule has 1 unspecified atom stereocenters. The maximum absolute atomic E-state index is 6.33. The van der Waals surface area contributed by atoms with Crippen LogP contribution in [0.25, 0.3) is 0 Å². The van der Waals surface area contributed by atoms with Crippen LogP contribution in [0, 0.1) is 0 Å². The highest BCUT2D eigenvalue weighted by molar-refractivity contribution is 9.10. The van der Waals surface area contributed by atoms with Gasteiger partial charge in [-0.05, 0) is 35.9 Å². The molecule has 0 heterocycles. The fourth-order valence-electron chi connectivity index (χ4n) is 2.00. The van der Waals surface area contributed by atoms with Gasteiger partial charge in [-0.2, -0.15) is 0 Å². The third kappa shape index (κ3) is 3.08. The lowest BCUT2D eigenvalue weighted by Crippen LogP contribution is -2.13. The van der Waals surface area contributed by atoms with Gasteiger partial charge in [0, 0.05) is 15.1 Å². The monoisotopic (exact) mass is 355 g/mol. The summed E-state index contributed by atoms with van der Waals surface area (Å²) in [7, 11) is 3.23. The standard InChI is InChI=1S/C15H15BrClNO2/c1-19-10-4-6-14(20-2)12(8-10)15(18)11-5-3-9(16)7-13(11)17/h3-8,15H,18H2,1-2H3. The number of hydrogen-bond donors (Lipinski definition) is 1. The maximum Gasteiger partial charge on any atom is 0.124 e. The molecule has 106 valence electrons. The summed E-state index contributed by atoms with van der Waals surface area (Å²) >= 11 is 9.64. The van der Waals surface area contributed by atoms with Gasteiger partial charge in [-0.1, -0.05) is 33.6 Å². The first-order valence-electron chi connectivity index (χ1n) is 5.99. The van der Waals surface area contributed by atoms with Crippen LogP contribution in [0.5, 0.6) is 11.5 Å². The van der Waals surface area contributed by atoms with Crippen molar-refractivity contribution < 1.29 is 9.47 Å². The van der Waals surface area contributed by atoms with E-state index in [2.05, 4.69) is 15.9 Å². The zero-order valence-corrected chi connectivity index (χ0v) is 13.5. The molecule has 3 nitrogen and oxygen atoms in total. The Kier molecular flexibility index (Phi) is 4.91. The van der Waals surface area contributed by atoms with Gasteiger partial charge < -0.3 is 15.2 Å². The molecule has 0 aliphatic heterocycles. The van der Waals surface area contributed by atoms with Gasteiger partial charge in [0.2, 0.25) is 0 Å². The van der Waals surface area contributed by atoms with Crippen molar-refractivity contribution in [3.63, 3.8) is 0 Å². The second kappa shape index (κ2) is 6.48. The molecule has 0 radical (unpaired) electrons. The van der Waals surface area contributed by atoms with E-state index in [1.807, 2.05) is 36.4 Å². The van der Waals surface area contributed by atoms with Crippen molar-refractivity contribution in [2.75, 3.05) is 14.2 Å². The van der Waals surface area contributed by atoms with Crippen LogP contribution >= 0.6 is 27.5 Å². The van der Waals surface area contributed by atoms with Gasteiger partial charge in [-0.25, -0.2) is 0 Å². The summed E-state index contributed by atoms with van der Waals surface area (Å²) < 4.78 is 11.5. The van der Waals surface area contributed by atoms with Crippen LogP contribution in [-0.4, -0.2) is 14.2 Å². The number of methoxy groups -OCH3 is 2. The number of ether oxygens (including phenoxy) is 2. The van der Waals surface area contributed by atoms with Gasteiger partial charge in [0.15, 0.2) is 0 Å². The third-order valence-corrected chi connectivity index (χ3v) is 3.89. The first-order valence-corrected chi connectivity index (χ1v) is 7.16. The molecule has 0 aliphatic carbocycles. The number of hydrogen-bond acceptors (Lipinski definition) is 3. The minimum absolute atomic E-state index is 0.388. The molecule has 2 aromatic rings. The van der Waals surface area contributed by atoms with E-state index in [4.69, 9.17) is 26.8 Å². The Hall–Kier alpha value is -1.23. The normalized spacial score (nSPS) is 12.1. The van der Waals surface area contributed by atoms with Crippen molar-refractivity contribution in [3.05, 3.63) is 57.0 Å². The topological polar surface area (TPSA) is 44.5 Å². The Bertz CT molecular complexity index is 619. The van der Waals surface area contributed by atoms with Gasteiger partial charge in [-0.3, -0.25) is 0 Å². The zero-order valence-electron chi connectivity index (χ0n) is 11.2. The molecular weight excluding hydrogens is 342 g/mol. The van der Waals surface area contributed by atoms with E-state index in [0.717, 1.165) is 21.3 Å². The van der Waals surface area contributed by atoms with Gasteiger partial charge in [0.25, 0.3) is 0 Å². The third-order valence-electron chi connectivity index (χ3n) is 3.07. The van der Waals surface area contributed by atoms with Crippen LogP contribution < -0.4 is 15.2 Å². The maximum atomic E-state index is 6.33. The molecule has 0 amide bonds. The molecular formula is C15H15BrClNO2. The Labute approximate surface area is 131 Å². The van der Waals surface area contributed by atoms with Crippen molar-refractivity contribution in [3.8, 4) is 11.5 Å². The number of nitrogens with two attached hydrogens (primary N) is 1. The summed E-state index contributed by atoms with van der Waals surface area (Å²) in [5.41, 5.74) is 8.00. The lowest BCUT2D eigenvalue weighted by atomic mass is 9.98. The fourth-order valence-corrected chi connectivity index (χ4v) is 2.79. The second-order valence-electron chi connectivity index (χ2n) is 4.25. The Morgan fingerprint density at radius 3 is 2.40 bits per heavy atom. The summed E-state index contributed by atoms with van der Waals surface area (Å²) in [6.45, 7) is 0. The molecule has 5 heteroatoms. The molecule has 0 bridgehead atoms. The molecule has 0 aliphatic rings. The molecule has 2 rings (SSSR count). The van der Waals surface area contributed by atoms with Gasteiger partial charge >= 0.3 is 0 Å². The van der Waals surface area contributed by atoms with Crippen molar-refractivity contribution in [2.24, 2.45) is 5.73 Å². The predicted molar refractivity (Wildman–Crippen MR) is 84.7 cm³/mol. The van der Waals surface area contributed by atoms with Crippen molar-refractivity contribution in [1.82, 2.24) is 0 Å². The van der Waals surface area contributed by atoms with Gasteiger partial charge in [-0.15, -0.1) is 0 Å². The summed E-state index contributed by atoms with van der Waals surface area (Å²) in [4.78, 5) is 0. The molecule has 1 atom stereocenters. The van der Waals surface area contributed by atoms with Crippen LogP contribution in [-0.2, 0) is 0 Å². The average molecular weight is 357 g/mol. The van der Waals surface area contributed by atoms with Crippen molar-refractivity contribution in [2.45, 2.75) is 6.04 Å². The van der Waals surface area contributed by atoms with Crippen LogP contribution in [0.4, 0.5) is 0 Å². The summed E-state index contributed by atoms with van der Waals surface area (Å²) in [5, 5.41) is 0.608. The molecule has 0 saturated heterocycles. The SMILES string of the molecule is COc1ccc(OC)c(C(N)c2ccc(Br)cc2Cl)c1. The molecule has 0 saturated carbocycles. The van der Waals surface area contributed by atoms with Crippen molar-refractivity contribution >= 4 is 27.5 Å². The van der Waals surface area contributed by atoms with E-state index in [9.17, 15) is 0 Å². The summed E-state index contributed by atoms with van der Waals surface area (Å²) in [6.07, 6.45) is 0. The van der Waals surface area contributed by atoms with Crippen LogP contribution in [0.15, 0.2) is 40.9 Å². The first-order chi connectivity index (χ1) is 9.56. The minimum Gasteiger partial charge on any atom is -0.497 e. The average Bonchev–Trinajstić information content (AvgIpc) is 2.46. The zero-order chi connectivity index (χ0) is 14.7. The number of benzene rings is 2. The van der Waals surface area contributed by atoms with Crippen molar-refractivity contribution in [1.29, 1.82) is 0 Å². The van der Waals surface area contributed by atoms with E-state index < -0.39 is 0 Å². The van der Waals surface area contributed by atoms with Gasteiger partial charge in [0.05, 0.1) is 20.3 Å². The van der Waals surface area contributed by atoms with Crippen LogP contribution in [0.2, 0.25) is 5.02 Å². The lowest BCUT2D eigenvalue weighted by Gasteiger charge is -2.18. The molecule has 2 N–H and O–H groups in total. The van der Waals surface area contributed by atoms with E-state index in [1.165, 1.54) is 0 Å². The molecule has 20 heavy (non-hydrogen) atoms. The summed E-state index contributed by atoms with van der Waals surface area (Å²) in [5.74, 6) is 1.43. The minimum atomic E-state index is -0.388. The molecule has 0 spiro atoms. The van der Waals surface area contributed by atoms with Crippen LogP contribution in [0.3, 0.4) is 0 Å². The predicted octanol–water partition coefficient (Wildman–Crippen LogP) is 4.17. The quantitative estimate of drug-likeness (QED) is 0.894. The smallest absolute Gasteiger partial charge is 0.124 e. The molecule has 2 aromatic carbocycles. The Morgan fingerprint density at radius 2 is 1.80 bits per heavy atom. The van der Waals surface area contributed by atoms with E-state index >= 15 is 0 Å². The highest BCUT2D eigenvalue weighted by Gasteiger charge is 2.17. The lowest BCUT2D eigenvalue weighted by molar-refractivity contribution is 0.397. The molecule has 0 aromatic heterocycles. The highest BCUT2D eigenvalue weighted by Crippen LogP contribution is 2.35.